The molecular weight excluding hydrogens is 206 g/mol. The van der Waals surface area contributed by atoms with Gasteiger partial charge in [-0.25, -0.2) is 9.69 Å². The highest BCUT2D eigenvalue weighted by Gasteiger charge is 2.46. The number of hydrogen-bond acceptors (Lipinski definition) is 3. The Balaban J connectivity index is 2.18. The first-order chi connectivity index (χ1) is 7.50. The molecule has 2 amide bonds. The zero-order valence-electron chi connectivity index (χ0n) is 9.19. The molecule has 16 heavy (non-hydrogen) atoms. The lowest BCUT2D eigenvalue weighted by molar-refractivity contribution is -0.134. The molecule has 83 valence electrons. The van der Waals surface area contributed by atoms with Gasteiger partial charge >= 0.3 is 6.09 Å². The van der Waals surface area contributed by atoms with Gasteiger partial charge in [0, 0.05) is 0 Å². The van der Waals surface area contributed by atoms with Crippen LogP contribution in [0.1, 0.15) is 19.4 Å². The van der Waals surface area contributed by atoms with Crippen LogP contribution in [0.5, 0.6) is 0 Å². The van der Waals surface area contributed by atoms with E-state index in [1.165, 1.54) is 0 Å². The molecule has 1 aliphatic heterocycles. The molecule has 1 heterocycles. The van der Waals surface area contributed by atoms with Crippen molar-refractivity contribution in [2.45, 2.75) is 26.0 Å². The molecule has 0 saturated carbocycles. The van der Waals surface area contributed by atoms with E-state index in [0.717, 1.165) is 10.5 Å². The molecule has 0 atom stereocenters. The molecule has 1 fully saturated rings. The summed E-state index contributed by atoms with van der Waals surface area (Å²) in [4.78, 5) is 24.4. The van der Waals surface area contributed by atoms with Gasteiger partial charge in [-0.3, -0.25) is 4.79 Å². The average molecular weight is 218 g/mol. The van der Waals surface area contributed by atoms with E-state index < -0.39 is 11.7 Å². The maximum absolute atomic E-state index is 11.8. The SMILES string of the molecule is CC1(C)OC(=O)N(Cc2cc[c]cc2)C1=O. The Kier molecular flexibility index (Phi) is 2.42. The second kappa shape index (κ2) is 3.63. The number of imide groups is 1. The maximum Gasteiger partial charge on any atom is 0.418 e. The van der Waals surface area contributed by atoms with E-state index in [1.807, 2.05) is 12.1 Å². The molecule has 0 N–H and O–H groups in total. The normalized spacial score (nSPS) is 18.8. The van der Waals surface area contributed by atoms with E-state index in [0.29, 0.717) is 0 Å². The molecule has 0 bridgehead atoms. The zero-order chi connectivity index (χ0) is 11.8. The van der Waals surface area contributed by atoms with Gasteiger partial charge in [0.25, 0.3) is 5.91 Å². The minimum absolute atomic E-state index is 0.246. The van der Waals surface area contributed by atoms with E-state index in [2.05, 4.69) is 6.07 Å². The van der Waals surface area contributed by atoms with Crippen molar-refractivity contribution < 1.29 is 14.3 Å². The van der Waals surface area contributed by atoms with Crippen molar-refractivity contribution in [2.75, 3.05) is 0 Å². The lowest BCUT2D eigenvalue weighted by Crippen LogP contribution is -2.35. The number of amides is 2. The van der Waals surface area contributed by atoms with Crippen molar-refractivity contribution in [1.29, 1.82) is 0 Å². The predicted molar refractivity (Wildman–Crippen MR) is 56.4 cm³/mol. The number of cyclic esters (lactones) is 1. The predicted octanol–water partition coefficient (Wildman–Crippen LogP) is 1.74. The van der Waals surface area contributed by atoms with Gasteiger partial charge in [0.15, 0.2) is 5.60 Å². The molecule has 1 aromatic rings. The van der Waals surface area contributed by atoms with Gasteiger partial charge in [-0.05, 0) is 25.5 Å². The number of rotatable bonds is 2. The van der Waals surface area contributed by atoms with Crippen molar-refractivity contribution >= 4 is 12.0 Å². The number of ether oxygens (including phenoxy) is 1. The molecule has 2 rings (SSSR count). The van der Waals surface area contributed by atoms with Crippen LogP contribution in [-0.2, 0) is 16.1 Å². The highest BCUT2D eigenvalue weighted by Crippen LogP contribution is 2.24. The summed E-state index contributed by atoms with van der Waals surface area (Å²) in [5.41, 5.74) is -0.167. The fraction of sp³-hybridized carbons (Fsp3) is 0.333. The van der Waals surface area contributed by atoms with Crippen LogP contribution < -0.4 is 0 Å². The zero-order valence-corrected chi connectivity index (χ0v) is 9.19. The van der Waals surface area contributed by atoms with Crippen LogP contribution in [0, 0.1) is 6.07 Å². The smallest absolute Gasteiger partial charge is 0.418 e. The Bertz CT molecular complexity index is 425. The lowest BCUT2D eigenvalue weighted by atomic mass is 10.1. The van der Waals surface area contributed by atoms with Gasteiger partial charge in [0.05, 0.1) is 6.54 Å². The first-order valence-electron chi connectivity index (χ1n) is 5.00. The highest BCUT2D eigenvalue weighted by atomic mass is 16.6. The number of carbonyl (C=O) groups is 2. The van der Waals surface area contributed by atoms with Crippen LogP contribution in [-0.4, -0.2) is 22.5 Å². The molecule has 4 nitrogen and oxygen atoms in total. The Morgan fingerprint density at radius 1 is 1.31 bits per heavy atom. The Morgan fingerprint density at radius 3 is 2.44 bits per heavy atom. The van der Waals surface area contributed by atoms with Crippen LogP contribution in [0.25, 0.3) is 0 Å². The molecule has 0 unspecified atom stereocenters. The third-order valence-corrected chi connectivity index (χ3v) is 2.45. The first-order valence-corrected chi connectivity index (χ1v) is 5.00. The summed E-state index contributed by atoms with van der Waals surface area (Å²) in [6.45, 7) is 3.42. The van der Waals surface area contributed by atoms with Crippen molar-refractivity contribution in [1.82, 2.24) is 4.90 Å². The molecule has 1 radical (unpaired) electrons. The van der Waals surface area contributed by atoms with Crippen LogP contribution in [0.2, 0.25) is 0 Å². The summed E-state index contributed by atoms with van der Waals surface area (Å²) in [5.74, 6) is -0.301. The Hall–Kier alpha value is -1.84. The minimum atomic E-state index is -1.04. The highest BCUT2D eigenvalue weighted by molar-refractivity contribution is 6.02. The van der Waals surface area contributed by atoms with Crippen LogP contribution in [0.3, 0.4) is 0 Å². The van der Waals surface area contributed by atoms with Gasteiger partial charge in [0.2, 0.25) is 0 Å². The molecule has 0 aliphatic carbocycles. The summed E-state index contributed by atoms with van der Waals surface area (Å²) in [7, 11) is 0. The summed E-state index contributed by atoms with van der Waals surface area (Å²) in [6.07, 6.45) is -0.581. The largest absolute Gasteiger partial charge is 0.433 e. The van der Waals surface area contributed by atoms with Crippen LogP contribution >= 0.6 is 0 Å². The van der Waals surface area contributed by atoms with Gasteiger partial charge in [-0.15, -0.1) is 0 Å². The van der Waals surface area contributed by atoms with Gasteiger partial charge in [-0.1, -0.05) is 24.3 Å². The topological polar surface area (TPSA) is 46.6 Å². The lowest BCUT2D eigenvalue weighted by Gasteiger charge is -2.13. The minimum Gasteiger partial charge on any atom is -0.433 e. The van der Waals surface area contributed by atoms with Gasteiger partial charge in [0.1, 0.15) is 0 Å². The third kappa shape index (κ3) is 1.78. The molecule has 0 aromatic heterocycles. The first kappa shape index (κ1) is 10.7. The van der Waals surface area contributed by atoms with E-state index >= 15 is 0 Å². The summed E-state index contributed by atoms with van der Waals surface area (Å²) >= 11 is 0. The Morgan fingerprint density at radius 2 is 1.94 bits per heavy atom. The fourth-order valence-corrected chi connectivity index (χ4v) is 1.57. The van der Waals surface area contributed by atoms with E-state index in [4.69, 9.17) is 4.74 Å². The molecule has 1 aliphatic rings. The summed E-state index contributed by atoms with van der Waals surface area (Å²) in [5, 5.41) is 0. The van der Waals surface area contributed by atoms with Crippen molar-refractivity contribution in [3.05, 3.63) is 35.9 Å². The van der Waals surface area contributed by atoms with Crippen LogP contribution in [0.15, 0.2) is 24.3 Å². The van der Waals surface area contributed by atoms with Gasteiger partial charge in [-0.2, -0.15) is 0 Å². The van der Waals surface area contributed by atoms with Crippen molar-refractivity contribution in [3.63, 3.8) is 0 Å². The second-order valence-electron chi connectivity index (χ2n) is 4.18. The number of hydrogen-bond donors (Lipinski definition) is 0. The molecule has 1 aromatic carbocycles. The average Bonchev–Trinajstić information content (AvgIpc) is 2.42. The molecular formula is C12H12NO3. The summed E-state index contributed by atoms with van der Waals surface area (Å²) < 4.78 is 4.98. The second-order valence-corrected chi connectivity index (χ2v) is 4.18. The van der Waals surface area contributed by atoms with E-state index in [-0.39, 0.29) is 12.5 Å². The standard InChI is InChI=1S/C12H12NO3/c1-12(2)10(14)13(11(15)16-12)8-9-6-4-3-5-7-9/h4-7H,8H2,1-2H3. The van der Waals surface area contributed by atoms with E-state index in [1.54, 1.807) is 26.0 Å². The van der Waals surface area contributed by atoms with Gasteiger partial charge < -0.3 is 4.74 Å². The summed E-state index contributed by atoms with van der Waals surface area (Å²) in [6, 6.07) is 9.98. The quantitative estimate of drug-likeness (QED) is 0.759. The fourth-order valence-electron chi connectivity index (χ4n) is 1.57. The van der Waals surface area contributed by atoms with Crippen molar-refractivity contribution in [2.24, 2.45) is 0 Å². The van der Waals surface area contributed by atoms with Crippen LogP contribution in [0.4, 0.5) is 4.79 Å². The maximum atomic E-state index is 11.8. The monoisotopic (exact) mass is 218 g/mol. The number of carbonyl (C=O) groups excluding carboxylic acids is 2. The van der Waals surface area contributed by atoms with Crippen molar-refractivity contribution in [3.8, 4) is 0 Å². The molecule has 0 spiro atoms. The number of benzene rings is 1. The third-order valence-electron chi connectivity index (χ3n) is 2.45. The Labute approximate surface area is 93.8 Å². The molecule has 1 saturated heterocycles. The number of nitrogens with zero attached hydrogens (tertiary/aromatic N) is 1. The molecule has 4 heteroatoms. The van der Waals surface area contributed by atoms with E-state index in [9.17, 15) is 9.59 Å².